The van der Waals surface area contributed by atoms with Crippen molar-refractivity contribution >= 4 is 17.7 Å². The molecule has 9 heteroatoms. The van der Waals surface area contributed by atoms with E-state index in [9.17, 15) is 18.0 Å². The maximum absolute atomic E-state index is 12.7. The highest BCUT2D eigenvalue weighted by molar-refractivity contribution is 7.98. The Morgan fingerprint density at radius 3 is 2.50 bits per heavy atom. The number of aryl methyl sites for hydroxylation is 1. The number of carbonyl (C=O) groups excluding carboxylic acids is 1. The zero-order valence-corrected chi connectivity index (χ0v) is 17.0. The number of aromatic nitrogens is 1. The van der Waals surface area contributed by atoms with Crippen LogP contribution >= 0.6 is 11.8 Å². The summed E-state index contributed by atoms with van der Waals surface area (Å²) in [5, 5.41) is 3.94. The Hall–Kier alpha value is -2.94. The number of benzene rings is 2. The Morgan fingerprint density at radius 2 is 1.87 bits per heavy atom. The fourth-order valence-electron chi connectivity index (χ4n) is 2.57. The third-order valence-corrected chi connectivity index (χ3v) is 5.18. The molecule has 0 aliphatic heterocycles. The SMILES string of the molecule is COC(=O)COc1ccc(SCc2cc(-c3ccc(C(F)(F)F)cc3)no2)cc1C. The summed E-state index contributed by atoms with van der Waals surface area (Å²) < 4.78 is 53.3. The van der Waals surface area contributed by atoms with Crippen LogP contribution in [0.4, 0.5) is 13.2 Å². The van der Waals surface area contributed by atoms with E-state index >= 15 is 0 Å². The van der Waals surface area contributed by atoms with E-state index in [0.717, 1.165) is 22.6 Å². The minimum absolute atomic E-state index is 0.158. The van der Waals surface area contributed by atoms with Crippen LogP contribution in [0.5, 0.6) is 5.75 Å². The van der Waals surface area contributed by atoms with Crippen molar-refractivity contribution in [3.63, 3.8) is 0 Å². The Morgan fingerprint density at radius 1 is 1.13 bits per heavy atom. The molecule has 1 heterocycles. The van der Waals surface area contributed by atoms with E-state index in [1.165, 1.54) is 31.0 Å². The molecule has 158 valence electrons. The molecule has 0 bridgehead atoms. The molecule has 0 amide bonds. The van der Waals surface area contributed by atoms with Gasteiger partial charge in [-0.15, -0.1) is 11.8 Å². The number of thioether (sulfide) groups is 1. The smallest absolute Gasteiger partial charge is 0.416 e. The Bertz CT molecular complexity index is 1020. The van der Waals surface area contributed by atoms with Crippen LogP contribution < -0.4 is 4.74 Å². The molecule has 3 rings (SSSR count). The summed E-state index contributed by atoms with van der Waals surface area (Å²) in [6.45, 7) is 1.71. The van der Waals surface area contributed by atoms with Crippen molar-refractivity contribution in [2.75, 3.05) is 13.7 Å². The lowest BCUT2D eigenvalue weighted by Crippen LogP contribution is -2.12. The maximum Gasteiger partial charge on any atom is 0.416 e. The molecule has 30 heavy (non-hydrogen) atoms. The number of alkyl halides is 3. The average Bonchev–Trinajstić information content (AvgIpc) is 3.20. The fourth-order valence-corrected chi connectivity index (χ4v) is 3.44. The van der Waals surface area contributed by atoms with Crippen molar-refractivity contribution in [3.8, 4) is 17.0 Å². The lowest BCUT2D eigenvalue weighted by Gasteiger charge is -2.09. The van der Waals surface area contributed by atoms with Crippen molar-refractivity contribution in [1.29, 1.82) is 0 Å². The van der Waals surface area contributed by atoms with Gasteiger partial charge in [0.1, 0.15) is 17.2 Å². The number of carbonyl (C=O) groups is 1. The fraction of sp³-hybridized carbons (Fsp3) is 0.238. The topological polar surface area (TPSA) is 61.6 Å². The van der Waals surface area contributed by atoms with Crippen LogP contribution in [0.2, 0.25) is 0 Å². The quantitative estimate of drug-likeness (QED) is 0.359. The number of halogens is 3. The van der Waals surface area contributed by atoms with Gasteiger partial charge in [-0.2, -0.15) is 13.2 Å². The molecule has 0 spiro atoms. The predicted molar refractivity (Wildman–Crippen MR) is 105 cm³/mol. The highest BCUT2D eigenvalue weighted by Crippen LogP contribution is 2.32. The molecule has 0 aliphatic carbocycles. The molecule has 0 radical (unpaired) electrons. The van der Waals surface area contributed by atoms with Gasteiger partial charge < -0.3 is 14.0 Å². The molecule has 3 aromatic rings. The molecule has 0 saturated carbocycles. The van der Waals surface area contributed by atoms with Gasteiger partial charge >= 0.3 is 12.1 Å². The normalized spacial score (nSPS) is 11.4. The van der Waals surface area contributed by atoms with Crippen molar-refractivity contribution in [1.82, 2.24) is 5.16 Å². The van der Waals surface area contributed by atoms with E-state index in [4.69, 9.17) is 9.26 Å². The third kappa shape index (κ3) is 5.56. The minimum Gasteiger partial charge on any atom is -0.482 e. The first-order valence-electron chi connectivity index (χ1n) is 8.82. The van der Waals surface area contributed by atoms with Crippen molar-refractivity contribution in [2.24, 2.45) is 0 Å². The van der Waals surface area contributed by atoms with Gasteiger partial charge in [0, 0.05) is 16.5 Å². The zero-order chi connectivity index (χ0) is 21.7. The van der Waals surface area contributed by atoms with E-state index in [2.05, 4.69) is 9.89 Å². The third-order valence-electron chi connectivity index (χ3n) is 4.17. The second kappa shape index (κ2) is 9.25. The summed E-state index contributed by atoms with van der Waals surface area (Å²) in [5.41, 5.74) is 1.18. The molecule has 1 aromatic heterocycles. The molecule has 0 aliphatic rings. The Labute approximate surface area is 175 Å². The first-order chi connectivity index (χ1) is 14.3. The molecular weight excluding hydrogens is 419 g/mol. The lowest BCUT2D eigenvalue weighted by molar-refractivity contribution is -0.143. The summed E-state index contributed by atoms with van der Waals surface area (Å²) in [6, 6.07) is 12.0. The van der Waals surface area contributed by atoms with E-state index in [-0.39, 0.29) is 6.61 Å². The molecule has 0 unspecified atom stereocenters. The lowest BCUT2D eigenvalue weighted by atomic mass is 10.1. The van der Waals surface area contributed by atoms with Crippen LogP contribution in [0.25, 0.3) is 11.3 Å². The number of rotatable bonds is 7. The molecule has 0 fully saturated rings. The monoisotopic (exact) mass is 437 g/mol. The molecule has 5 nitrogen and oxygen atoms in total. The van der Waals surface area contributed by atoms with Gasteiger partial charge in [0.2, 0.25) is 0 Å². The summed E-state index contributed by atoms with van der Waals surface area (Å²) in [7, 11) is 1.30. The van der Waals surface area contributed by atoms with Crippen molar-refractivity contribution < 1.29 is 32.0 Å². The molecule has 2 aromatic carbocycles. The average molecular weight is 437 g/mol. The van der Waals surface area contributed by atoms with Gasteiger partial charge in [0.15, 0.2) is 6.61 Å². The van der Waals surface area contributed by atoms with Crippen LogP contribution in [-0.4, -0.2) is 24.8 Å². The number of hydrogen-bond acceptors (Lipinski definition) is 6. The molecule has 0 atom stereocenters. The van der Waals surface area contributed by atoms with Crippen LogP contribution in [0.15, 0.2) is 57.9 Å². The van der Waals surface area contributed by atoms with Gasteiger partial charge in [-0.3, -0.25) is 0 Å². The zero-order valence-electron chi connectivity index (χ0n) is 16.2. The van der Waals surface area contributed by atoms with E-state index in [1.54, 1.807) is 12.1 Å². The summed E-state index contributed by atoms with van der Waals surface area (Å²) in [4.78, 5) is 12.1. The van der Waals surface area contributed by atoms with E-state index in [0.29, 0.717) is 28.5 Å². The summed E-state index contributed by atoms with van der Waals surface area (Å²) in [6.07, 6.45) is -4.37. The van der Waals surface area contributed by atoms with Gasteiger partial charge in [0.05, 0.1) is 18.4 Å². The number of nitrogens with zero attached hydrogens (tertiary/aromatic N) is 1. The summed E-state index contributed by atoms with van der Waals surface area (Å²) in [5.74, 6) is 1.23. The Balaban J connectivity index is 1.60. The van der Waals surface area contributed by atoms with Gasteiger partial charge in [-0.05, 0) is 42.8 Å². The molecule has 0 N–H and O–H groups in total. The van der Waals surface area contributed by atoms with Gasteiger partial charge in [0.25, 0.3) is 0 Å². The highest BCUT2D eigenvalue weighted by atomic mass is 32.2. The van der Waals surface area contributed by atoms with Crippen LogP contribution in [0.3, 0.4) is 0 Å². The number of hydrogen-bond donors (Lipinski definition) is 0. The second-order valence-electron chi connectivity index (χ2n) is 6.33. The predicted octanol–water partition coefficient (Wildman–Crippen LogP) is 5.51. The standard InChI is InChI=1S/C21H18F3NO4S/c1-13-9-17(7-8-19(13)28-11-20(26)27-2)30-12-16-10-18(25-29-16)14-3-5-15(6-4-14)21(22,23)24/h3-10H,11-12H2,1-2H3. The van der Waals surface area contributed by atoms with Crippen LogP contribution in [0.1, 0.15) is 16.9 Å². The van der Waals surface area contributed by atoms with Gasteiger partial charge in [-0.25, -0.2) is 4.79 Å². The number of ether oxygens (including phenoxy) is 2. The number of methoxy groups -OCH3 is 1. The molecular formula is C21H18F3NO4S. The first-order valence-corrected chi connectivity index (χ1v) is 9.81. The summed E-state index contributed by atoms with van der Waals surface area (Å²) >= 11 is 1.51. The van der Waals surface area contributed by atoms with E-state index in [1.807, 2.05) is 19.1 Å². The Kier molecular flexibility index (Phi) is 6.71. The molecule has 0 saturated heterocycles. The van der Waals surface area contributed by atoms with Crippen LogP contribution in [-0.2, 0) is 21.5 Å². The maximum atomic E-state index is 12.7. The minimum atomic E-state index is -4.37. The van der Waals surface area contributed by atoms with Crippen molar-refractivity contribution in [2.45, 2.75) is 23.7 Å². The highest BCUT2D eigenvalue weighted by Gasteiger charge is 2.30. The second-order valence-corrected chi connectivity index (χ2v) is 7.38. The van der Waals surface area contributed by atoms with E-state index < -0.39 is 17.7 Å². The van der Waals surface area contributed by atoms with Crippen LogP contribution in [0, 0.1) is 6.92 Å². The first kappa shape index (κ1) is 21.8. The number of esters is 1. The van der Waals surface area contributed by atoms with Crippen molar-refractivity contribution in [3.05, 3.63) is 65.4 Å². The van der Waals surface area contributed by atoms with Gasteiger partial charge in [-0.1, -0.05) is 17.3 Å². The largest absolute Gasteiger partial charge is 0.482 e.